The minimum Gasteiger partial charge on any atom is -0.394 e. The summed E-state index contributed by atoms with van der Waals surface area (Å²) in [6.07, 6.45) is 0.840. The van der Waals surface area contributed by atoms with Gasteiger partial charge in [-0.1, -0.05) is 46.2 Å². The first-order valence-electron chi connectivity index (χ1n) is 12.0. The Labute approximate surface area is 237 Å². The fourth-order valence-electron chi connectivity index (χ4n) is 4.35. The van der Waals surface area contributed by atoms with Crippen LogP contribution in [0.3, 0.4) is 0 Å². The van der Waals surface area contributed by atoms with E-state index in [9.17, 15) is 19.4 Å². The number of nitrogens with zero attached hydrogens (tertiary/aromatic N) is 5. The zero-order chi connectivity index (χ0) is 27.7. The molecule has 3 aromatic rings. The van der Waals surface area contributed by atoms with Crippen molar-refractivity contribution >= 4 is 40.9 Å². The van der Waals surface area contributed by atoms with Gasteiger partial charge in [-0.25, -0.2) is 19.1 Å². The van der Waals surface area contributed by atoms with Gasteiger partial charge in [-0.15, -0.1) is 5.10 Å². The molecule has 5 rings (SSSR count). The van der Waals surface area contributed by atoms with E-state index >= 15 is 0 Å². The number of hydrazine groups is 1. The van der Waals surface area contributed by atoms with Crippen LogP contribution in [0.15, 0.2) is 41.6 Å². The number of ether oxygens (including phenoxy) is 2. The molecule has 11 nitrogen and oxygen atoms in total. The number of pyridine rings is 1. The molecule has 0 unspecified atom stereocenters. The second-order valence-corrected chi connectivity index (χ2v) is 11.0. The van der Waals surface area contributed by atoms with E-state index in [-0.39, 0.29) is 10.7 Å². The molecule has 2 saturated heterocycles. The first-order valence-corrected chi connectivity index (χ1v) is 13.6. The highest BCUT2D eigenvalue weighted by Crippen LogP contribution is 2.41. The zero-order valence-electron chi connectivity index (χ0n) is 20.6. The molecule has 39 heavy (non-hydrogen) atoms. The number of aromatic nitrogens is 4. The number of halogens is 3. The Kier molecular flexibility index (Phi) is 8.69. The van der Waals surface area contributed by atoms with Crippen LogP contribution in [0.4, 0.5) is 4.39 Å². The van der Waals surface area contributed by atoms with Gasteiger partial charge >= 0.3 is 0 Å². The number of thioether (sulfide) groups is 1. The largest absolute Gasteiger partial charge is 0.394 e. The van der Waals surface area contributed by atoms with Crippen molar-refractivity contribution in [3.8, 4) is 11.3 Å². The summed E-state index contributed by atoms with van der Waals surface area (Å²) in [5, 5.41) is 31.5. The van der Waals surface area contributed by atoms with E-state index in [4.69, 9.17) is 32.7 Å². The Balaban J connectivity index is 1.44. The number of aliphatic hydroxyl groups excluding tert-OH is 2. The highest BCUT2D eigenvalue weighted by molar-refractivity contribution is 8.00. The lowest BCUT2D eigenvalue weighted by atomic mass is 9.97. The van der Waals surface area contributed by atoms with E-state index in [1.54, 1.807) is 17.1 Å². The minimum absolute atomic E-state index is 0.0236. The molecule has 2 aliphatic rings. The third kappa shape index (κ3) is 5.91. The highest BCUT2D eigenvalue weighted by atomic mass is 35.5. The Morgan fingerprint density at radius 1 is 1.33 bits per heavy atom. The Morgan fingerprint density at radius 3 is 2.79 bits per heavy atom. The molecule has 0 radical (unpaired) electrons. The summed E-state index contributed by atoms with van der Waals surface area (Å²) >= 11 is 13.1. The van der Waals surface area contributed by atoms with E-state index in [2.05, 4.69) is 20.7 Å². The van der Waals surface area contributed by atoms with Crippen LogP contribution in [-0.4, -0.2) is 91.7 Å². The molecule has 2 aromatic heterocycles. The van der Waals surface area contributed by atoms with Crippen molar-refractivity contribution in [1.29, 1.82) is 0 Å². The van der Waals surface area contributed by atoms with Crippen molar-refractivity contribution in [3.63, 3.8) is 0 Å². The van der Waals surface area contributed by atoms with Gasteiger partial charge in [-0.2, -0.15) is 0 Å². The van der Waals surface area contributed by atoms with E-state index in [1.165, 1.54) is 36.3 Å². The number of carbonyl (C=O) groups excluding carboxylic acids is 1. The van der Waals surface area contributed by atoms with Crippen LogP contribution in [0.1, 0.15) is 23.0 Å². The van der Waals surface area contributed by atoms with Crippen molar-refractivity contribution in [2.24, 2.45) is 0 Å². The summed E-state index contributed by atoms with van der Waals surface area (Å²) in [4.78, 5) is 17.6. The van der Waals surface area contributed by atoms with Gasteiger partial charge in [0.25, 0.3) is 5.91 Å². The van der Waals surface area contributed by atoms with Crippen molar-refractivity contribution < 1.29 is 28.9 Å². The van der Waals surface area contributed by atoms with Gasteiger partial charge in [0.15, 0.2) is 0 Å². The molecule has 5 atom stereocenters. The molecule has 1 amide bonds. The maximum atomic E-state index is 14.0. The van der Waals surface area contributed by atoms with Gasteiger partial charge in [0, 0.05) is 36.9 Å². The normalized spacial score (nSPS) is 25.3. The van der Waals surface area contributed by atoms with E-state index in [0.29, 0.717) is 21.2 Å². The lowest BCUT2D eigenvalue weighted by Crippen LogP contribution is -2.55. The number of carbonyl (C=O) groups is 1. The summed E-state index contributed by atoms with van der Waals surface area (Å²) in [6, 6.07) is 4.98. The van der Waals surface area contributed by atoms with Crippen LogP contribution in [0.5, 0.6) is 0 Å². The molecular formula is C24H25Cl2FN6O5S. The molecular weight excluding hydrogens is 574 g/mol. The predicted octanol–water partition coefficient (Wildman–Crippen LogP) is 2.56. The van der Waals surface area contributed by atoms with Crippen molar-refractivity contribution in [2.45, 2.75) is 41.1 Å². The molecule has 2 fully saturated rings. The molecule has 15 heteroatoms. The third-order valence-electron chi connectivity index (χ3n) is 6.52. The number of benzene rings is 1. The summed E-state index contributed by atoms with van der Waals surface area (Å²) in [5.41, 5.74) is 2.91. The van der Waals surface area contributed by atoms with Gasteiger partial charge in [0.2, 0.25) is 0 Å². The fraction of sp³-hybridized carbons (Fsp3) is 0.417. The van der Waals surface area contributed by atoms with Crippen molar-refractivity contribution in [1.82, 2.24) is 30.4 Å². The topological polar surface area (TPSA) is 135 Å². The van der Waals surface area contributed by atoms with Crippen molar-refractivity contribution in [2.75, 3.05) is 26.8 Å². The monoisotopic (exact) mass is 598 g/mol. The lowest BCUT2D eigenvalue weighted by molar-refractivity contribution is -0.186. The summed E-state index contributed by atoms with van der Waals surface area (Å²) < 4.78 is 27.2. The Morgan fingerprint density at radius 2 is 2.13 bits per heavy atom. The third-order valence-corrected chi connectivity index (χ3v) is 8.21. The molecule has 2 aliphatic heterocycles. The van der Waals surface area contributed by atoms with Gasteiger partial charge in [-0.3, -0.25) is 10.2 Å². The number of hydrogen-bond donors (Lipinski definition) is 3. The molecule has 0 saturated carbocycles. The van der Waals surface area contributed by atoms with E-state index < -0.39 is 48.1 Å². The van der Waals surface area contributed by atoms with Gasteiger partial charge < -0.3 is 19.7 Å². The molecule has 0 aliphatic carbocycles. The zero-order valence-corrected chi connectivity index (χ0v) is 22.9. The van der Waals surface area contributed by atoms with Crippen LogP contribution in [-0.2, 0) is 9.47 Å². The molecule has 4 heterocycles. The number of nitrogens with one attached hydrogen (secondary N) is 1. The highest BCUT2D eigenvalue weighted by Gasteiger charge is 2.48. The van der Waals surface area contributed by atoms with Crippen LogP contribution in [0.2, 0.25) is 10.0 Å². The second-order valence-electron chi connectivity index (χ2n) is 9.02. The summed E-state index contributed by atoms with van der Waals surface area (Å²) in [6.45, 7) is 1.00. The minimum atomic E-state index is -1.24. The second kappa shape index (κ2) is 12.0. The molecule has 0 spiro atoms. The van der Waals surface area contributed by atoms with Gasteiger partial charge in [0.05, 0.1) is 22.8 Å². The number of hydrogen-bond acceptors (Lipinski definition) is 10. The quantitative estimate of drug-likeness (QED) is 0.355. The van der Waals surface area contributed by atoms with Crippen LogP contribution < -0.4 is 5.43 Å². The predicted molar refractivity (Wildman–Crippen MR) is 141 cm³/mol. The number of aliphatic hydroxyl groups is 2. The SMILES string of the molecule is CO[C@@H]1[C@@H](n2cc(-c3ccc(Cl)c(F)c3)nn2)[C@@H](O)[C@@H](CO)O[C@@H]1Sc1cc(Cl)cnc1C(=O)NN1CCC1. The smallest absolute Gasteiger partial charge is 0.285 e. The van der Waals surface area contributed by atoms with Gasteiger partial charge in [0.1, 0.15) is 47.0 Å². The maximum Gasteiger partial charge on any atom is 0.285 e. The summed E-state index contributed by atoms with van der Waals surface area (Å²) in [7, 11) is 1.45. The lowest BCUT2D eigenvalue weighted by Gasteiger charge is -2.43. The van der Waals surface area contributed by atoms with E-state index in [0.717, 1.165) is 31.3 Å². The number of rotatable bonds is 8. The van der Waals surface area contributed by atoms with Crippen molar-refractivity contribution in [3.05, 3.63) is 58.2 Å². The molecule has 0 bridgehead atoms. The maximum absolute atomic E-state index is 14.0. The average molecular weight is 599 g/mol. The first kappa shape index (κ1) is 28.2. The number of amides is 1. The Bertz CT molecular complexity index is 1350. The standard InChI is InChI=1S/C24H25Cl2FN6O5S/c1-37-22-20(33-10-16(29-31-33)12-3-4-14(26)15(27)7-12)21(35)17(11-34)38-24(22)39-18-8-13(25)9-28-19(18)23(36)30-32-5-2-6-32/h3-4,7-10,17,20-22,24,34-35H,2,5-6,11H2,1H3,(H,30,36)/t17-,20+,21+,22-,24-/m1/s1. The first-order chi connectivity index (χ1) is 18.8. The van der Waals surface area contributed by atoms with E-state index in [1.807, 2.05) is 0 Å². The Hall–Kier alpha value is -2.36. The van der Waals surface area contributed by atoms with Crippen LogP contribution in [0, 0.1) is 5.82 Å². The van der Waals surface area contributed by atoms with Gasteiger partial charge in [-0.05, 0) is 24.6 Å². The average Bonchev–Trinajstić information content (AvgIpc) is 3.38. The molecule has 208 valence electrons. The molecule has 3 N–H and O–H groups in total. The summed E-state index contributed by atoms with van der Waals surface area (Å²) in [5.74, 6) is -1.00. The number of methoxy groups -OCH3 is 1. The van der Waals surface area contributed by atoms with Crippen LogP contribution in [0.25, 0.3) is 11.3 Å². The molecule has 1 aromatic carbocycles. The van der Waals surface area contributed by atoms with Crippen LogP contribution >= 0.6 is 35.0 Å². The fourth-order valence-corrected chi connectivity index (χ4v) is 6.00.